The number of benzene rings is 2. The van der Waals surface area contributed by atoms with Gasteiger partial charge in [-0.05, 0) is 55.5 Å². The van der Waals surface area contributed by atoms with Crippen molar-refractivity contribution in [1.29, 1.82) is 5.26 Å². The molecule has 0 amide bonds. The predicted octanol–water partition coefficient (Wildman–Crippen LogP) is 5.13. The lowest BCUT2D eigenvalue weighted by molar-refractivity contribution is 0.102. The molecule has 0 bridgehead atoms. The topological polar surface area (TPSA) is 63.0 Å². The van der Waals surface area contributed by atoms with E-state index in [-0.39, 0.29) is 11.5 Å². The number of ether oxygens (including phenoxy) is 1. The van der Waals surface area contributed by atoms with Crippen molar-refractivity contribution < 1.29 is 9.53 Å². The van der Waals surface area contributed by atoms with E-state index in [4.69, 9.17) is 16.3 Å². The molecule has 130 valence electrons. The van der Waals surface area contributed by atoms with Gasteiger partial charge in [0.2, 0.25) is 0 Å². The van der Waals surface area contributed by atoms with Gasteiger partial charge in [0.05, 0.1) is 23.4 Å². The van der Waals surface area contributed by atoms with Crippen LogP contribution in [0.15, 0.2) is 53.6 Å². The zero-order valence-electron chi connectivity index (χ0n) is 14.0. The fourth-order valence-corrected chi connectivity index (χ4v) is 3.42. The first kappa shape index (κ1) is 18.2. The van der Waals surface area contributed by atoms with Crippen LogP contribution in [0.5, 0.6) is 5.75 Å². The van der Waals surface area contributed by atoms with Gasteiger partial charge in [-0.3, -0.25) is 4.79 Å². The van der Waals surface area contributed by atoms with Gasteiger partial charge in [0.25, 0.3) is 0 Å². The summed E-state index contributed by atoms with van der Waals surface area (Å²) in [5.74, 6) is 0.902. The van der Waals surface area contributed by atoms with Crippen LogP contribution >= 0.6 is 23.4 Å². The average Bonchev–Trinajstić information content (AvgIpc) is 2.66. The molecule has 0 aliphatic rings. The molecule has 6 heteroatoms. The van der Waals surface area contributed by atoms with Crippen molar-refractivity contribution in [1.82, 2.24) is 4.98 Å². The number of thioether (sulfide) groups is 1. The molecule has 0 spiro atoms. The number of hydrogen-bond donors (Lipinski definition) is 0. The Morgan fingerprint density at radius 3 is 2.69 bits per heavy atom. The molecule has 0 atom stereocenters. The molecule has 0 N–H and O–H groups in total. The third-order valence-corrected chi connectivity index (χ3v) is 4.93. The maximum Gasteiger partial charge on any atom is 0.173 e. The average molecular weight is 383 g/mol. The number of ketones is 1. The monoisotopic (exact) mass is 382 g/mol. The quantitative estimate of drug-likeness (QED) is 0.436. The summed E-state index contributed by atoms with van der Waals surface area (Å²) < 4.78 is 5.48. The largest absolute Gasteiger partial charge is 0.494 e. The number of aromatic nitrogens is 1. The molecule has 0 aliphatic heterocycles. The lowest BCUT2D eigenvalue weighted by Crippen LogP contribution is -2.03. The first-order chi connectivity index (χ1) is 12.6. The van der Waals surface area contributed by atoms with Gasteiger partial charge >= 0.3 is 0 Å². The number of rotatable bonds is 6. The van der Waals surface area contributed by atoms with Crippen molar-refractivity contribution >= 4 is 40.0 Å². The molecule has 4 nitrogen and oxygen atoms in total. The number of fused-ring (bicyclic) bond motifs is 1. The van der Waals surface area contributed by atoms with Crippen LogP contribution < -0.4 is 4.74 Å². The SMILES string of the molecule is CCOc1ccc2nc(SCC(=O)c3ccc(Cl)cc3)c(C#N)cc2c1. The van der Waals surface area contributed by atoms with Crippen LogP contribution in [0.4, 0.5) is 0 Å². The van der Waals surface area contributed by atoms with E-state index in [0.717, 1.165) is 16.7 Å². The third-order valence-electron chi connectivity index (χ3n) is 3.69. The normalized spacial score (nSPS) is 10.5. The van der Waals surface area contributed by atoms with Crippen LogP contribution in [-0.4, -0.2) is 23.1 Å². The van der Waals surface area contributed by atoms with Crippen molar-refractivity contribution in [3.05, 3.63) is 64.7 Å². The zero-order valence-corrected chi connectivity index (χ0v) is 15.6. The summed E-state index contributed by atoms with van der Waals surface area (Å²) in [7, 11) is 0. The fraction of sp³-hybridized carbons (Fsp3) is 0.150. The highest BCUT2D eigenvalue weighted by molar-refractivity contribution is 8.00. The minimum absolute atomic E-state index is 0.0378. The first-order valence-corrected chi connectivity index (χ1v) is 9.36. The molecule has 1 aromatic heterocycles. The van der Waals surface area contributed by atoms with Gasteiger partial charge in [-0.15, -0.1) is 0 Å². The van der Waals surface area contributed by atoms with Crippen molar-refractivity contribution in [2.24, 2.45) is 0 Å². The van der Waals surface area contributed by atoms with Crippen molar-refractivity contribution in [3.8, 4) is 11.8 Å². The molecule has 0 aliphatic carbocycles. The second kappa shape index (κ2) is 8.22. The van der Waals surface area contributed by atoms with Crippen LogP contribution in [-0.2, 0) is 0 Å². The van der Waals surface area contributed by atoms with E-state index in [9.17, 15) is 10.1 Å². The standard InChI is InChI=1S/C20H15ClN2O2S/c1-2-25-17-7-8-18-14(10-17)9-15(11-22)20(23-18)26-12-19(24)13-3-5-16(21)6-4-13/h3-10H,2,12H2,1H3. The van der Waals surface area contributed by atoms with Crippen molar-refractivity contribution in [2.45, 2.75) is 11.9 Å². The van der Waals surface area contributed by atoms with Crippen LogP contribution in [0.2, 0.25) is 5.02 Å². The highest BCUT2D eigenvalue weighted by Gasteiger charge is 2.12. The molecule has 26 heavy (non-hydrogen) atoms. The lowest BCUT2D eigenvalue weighted by atomic mass is 10.1. The smallest absolute Gasteiger partial charge is 0.173 e. The Morgan fingerprint density at radius 1 is 1.23 bits per heavy atom. The van der Waals surface area contributed by atoms with Crippen LogP contribution in [0.3, 0.4) is 0 Å². The van der Waals surface area contributed by atoms with Gasteiger partial charge in [-0.1, -0.05) is 23.4 Å². The Balaban J connectivity index is 1.82. The highest BCUT2D eigenvalue weighted by Crippen LogP contribution is 2.27. The molecule has 0 fully saturated rings. The molecular formula is C20H15ClN2O2S. The lowest BCUT2D eigenvalue weighted by Gasteiger charge is -2.08. The number of nitrogens with zero attached hydrogens (tertiary/aromatic N) is 2. The number of halogens is 1. The molecule has 1 heterocycles. The Hall–Kier alpha value is -2.55. The van der Waals surface area contributed by atoms with Crippen molar-refractivity contribution in [3.63, 3.8) is 0 Å². The third kappa shape index (κ3) is 4.16. The highest BCUT2D eigenvalue weighted by atomic mass is 35.5. The molecule has 0 unspecified atom stereocenters. The maximum absolute atomic E-state index is 12.3. The number of pyridine rings is 1. The second-order valence-electron chi connectivity index (χ2n) is 5.46. The minimum Gasteiger partial charge on any atom is -0.494 e. The number of hydrogen-bond acceptors (Lipinski definition) is 5. The maximum atomic E-state index is 12.3. The molecular weight excluding hydrogens is 368 g/mol. The summed E-state index contributed by atoms with van der Waals surface area (Å²) in [5.41, 5.74) is 1.79. The molecule has 0 saturated heterocycles. The molecule has 0 saturated carbocycles. The summed E-state index contributed by atoms with van der Waals surface area (Å²) >= 11 is 7.10. The van der Waals surface area contributed by atoms with Crippen LogP contribution in [0.25, 0.3) is 10.9 Å². The molecule has 0 radical (unpaired) electrons. The fourth-order valence-electron chi connectivity index (χ4n) is 2.44. The number of carbonyl (C=O) groups excluding carboxylic acids is 1. The first-order valence-electron chi connectivity index (χ1n) is 8.00. The van der Waals surface area contributed by atoms with Crippen LogP contribution in [0.1, 0.15) is 22.8 Å². The van der Waals surface area contributed by atoms with E-state index in [2.05, 4.69) is 11.1 Å². The van der Waals surface area contributed by atoms with Gasteiger partial charge in [0.15, 0.2) is 5.78 Å². The van der Waals surface area contributed by atoms with Gasteiger partial charge in [-0.25, -0.2) is 4.98 Å². The Kier molecular flexibility index (Phi) is 5.77. The van der Waals surface area contributed by atoms with E-state index in [1.54, 1.807) is 30.3 Å². The van der Waals surface area contributed by atoms with E-state index in [1.807, 2.05) is 25.1 Å². The van der Waals surface area contributed by atoms with Gasteiger partial charge in [0, 0.05) is 16.0 Å². The number of carbonyl (C=O) groups is 1. The number of nitriles is 1. The Bertz CT molecular complexity index is 997. The Morgan fingerprint density at radius 2 is 2.00 bits per heavy atom. The zero-order chi connectivity index (χ0) is 18.5. The summed E-state index contributed by atoms with van der Waals surface area (Å²) in [6.45, 7) is 2.49. The van der Waals surface area contributed by atoms with Crippen LogP contribution in [0, 0.1) is 11.3 Å². The van der Waals surface area contributed by atoms with E-state index < -0.39 is 0 Å². The second-order valence-corrected chi connectivity index (χ2v) is 6.86. The Labute approximate surface area is 160 Å². The molecule has 3 rings (SSSR count). The van der Waals surface area contributed by atoms with E-state index in [0.29, 0.717) is 27.8 Å². The summed E-state index contributed by atoms with van der Waals surface area (Å²) in [4.78, 5) is 16.9. The molecule has 3 aromatic rings. The summed E-state index contributed by atoms with van der Waals surface area (Å²) in [5, 5.41) is 11.4. The van der Waals surface area contributed by atoms with Gasteiger partial charge < -0.3 is 4.74 Å². The van der Waals surface area contributed by atoms with E-state index in [1.165, 1.54) is 11.8 Å². The summed E-state index contributed by atoms with van der Waals surface area (Å²) in [6.07, 6.45) is 0. The van der Waals surface area contributed by atoms with E-state index >= 15 is 0 Å². The number of Topliss-reactive ketones (excluding diaryl/α,β-unsaturated/α-hetero) is 1. The van der Waals surface area contributed by atoms with Gasteiger partial charge in [-0.2, -0.15) is 5.26 Å². The van der Waals surface area contributed by atoms with Gasteiger partial charge in [0.1, 0.15) is 16.8 Å². The predicted molar refractivity (Wildman–Crippen MR) is 104 cm³/mol. The van der Waals surface area contributed by atoms with Crippen molar-refractivity contribution in [2.75, 3.05) is 12.4 Å². The summed E-state index contributed by atoms with van der Waals surface area (Å²) in [6, 6.07) is 16.3. The molecule has 2 aromatic carbocycles. The minimum atomic E-state index is -0.0378.